The van der Waals surface area contributed by atoms with Crippen LogP contribution < -0.4 is 0 Å². The van der Waals surface area contributed by atoms with E-state index in [-0.39, 0.29) is 11.1 Å². The minimum absolute atomic E-state index is 0.268. The van der Waals surface area contributed by atoms with E-state index < -0.39 is 11.9 Å². The third-order valence-corrected chi connectivity index (χ3v) is 4.22. The lowest BCUT2D eigenvalue weighted by Crippen LogP contribution is -1.98. The summed E-state index contributed by atoms with van der Waals surface area (Å²) < 4.78 is 3.57. The van der Waals surface area contributed by atoms with Gasteiger partial charge in [0.15, 0.2) is 0 Å². The molecule has 0 radical (unpaired) electrons. The van der Waals surface area contributed by atoms with Gasteiger partial charge in [-0.1, -0.05) is 0 Å². The minimum Gasteiger partial charge on any atom is -0.478 e. The molecule has 10 heteroatoms. The number of carbonyl (C=O) groups is 2. The molecule has 0 atom stereocenters. The average Bonchev–Trinajstić information content (AvgIpc) is 3.36. The summed E-state index contributed by atoms with van der Waals surface area (Å²) in [5.74, 6) is -0.333. The van der Waals surface area contributed by atoms with E-state index in [1.807, 2.05) is 13.8 Å². The van der Waals surface area contributed by atoms with Crippen LogP contribution in [-0.2, 0) is 0 Å². The van der Waals surface area contributed by atoms with Crippen molar-refractivity contribution < 1.29 is 19.8 Å². The molecule has 0 bridgehead atoms. The first-order chi connectivity index (χ1) is 14.4. The average molecular weight is 406 g/mol. The smallest absolute Gasteiger partial charge is 0.335 e. The van der Waals surface area contributed by atoms with E-state index >= 15 is 0 Å². The van der Waals surface area contributed by atoms with Crippen molar-refractivity contribution in [1.29, 1.82) is 0 Å². The van der Waals surface area contributed by atoms with Gasteiger partial charge in [-0.25, -0.2) is 9.59 Å². The van der Waals surface area contributed by atoms with Crippen molar-refractivity contribution in [3.8, 4) is 11.4 Å². The Morgan fingerprint density at radius 3 is 1.23 bits per heavy atom. The van der Waals surface area contributed by atoms with Gasteiger partial charge in [-0.05, 0) is 62.4 Å². The molecule has 0 saturated carbocycles. The van der Waals surface area contributed by atoms with Crippen molar-refractivity contribution in [2.24, 2.45) is 0 Å². The lowest BCUT2D eigenvalue weighted by atomic mass is 10.2. The summed E-state index contributed by atoms with van der Waals surface area (Å²) in [7, 11) is 0. The zero-order valence-electron chi connectivity index (χ0n) is 16.2. The second kappa shape index (κ2) is 8.78. The van der Waals surface area contributed by atoms with E-state index in [4.69, 9.17) is 10.2 Å². The van der Waals surface area contributed by atoms with Gasteiger partial charge in [0.1, 0.15) is 24.3 Å². The van der Waals surface area contributed by atoms with E-state index in [1.54, 1.807) is 70.3 Å². The summed E-state index contributed by atoms with van der Waals surface area (Å²) in [6, 6.07) is 13.1. The number of rotatable bonds is 4. The van der Waals surface area contributed by atoms with Crippen LogP contribution in [0.5, 0.6) is 0 Å². The zero-order chi connectivity index (χ0) is 21.7. The molecule has 0 amide bonds. The lowest BCUT2D eigenvalue weighted by molar-refractivity contribution is 0.0686. The number of benzene rings is 2. The molecule has 0 aliphatic heterocycles. The fourth-order valence-corrected chi connectivity index (χ4v) is 2.62. The predicted molar refractivity (Wildman–Crippen MR) is 106 cm³/mol. The Morgan fingerprint density at radius 2 is 1.00 bits per heavy atom. The number of aromatic nitrogens is 6. The number of nitrogens with zero attached hydrogens (tertiary/aromatic N) is 6. The van der Waals surface area contributed by atoms with Crippen LogP contribution in [0.3, 0.4) is 0 Å². The molecule has 30 heavy (non-hydrogen) atoms. The van der Waals surface area contributed by atoms with Crippen LogP contribution in [0.1, 0.15) is 32.4 Å². The topological polar surface area (TPSA) is 136 Å². The first-order valence-corrected chi connectivity index (χ1v) is 8.77. The second-order valence-electron chi connectivity index (χ2n) is 6.20. The predicted octanol–water partition coefficient (Wildman–Crippen LogP) is 2.55. The second-order valence-corrected chi connectivity index (χ2v) is 6.20. The highest BCUT2D eigenvalue weighted by Crippen LogP contribution is 2.11. The van der Waals surface area contributed by atoms with Gasteiger partial charge in [-0.3, -0.25) is 9.13 Å². The highest BCUT2D eigenvalue weighted by Gasteiger charge is 2.05. The largest absolute Gasteiger partial charge is 0.478 e. The molecule has 0 aliphatic carbocycles. The van der Waals surface area contributed by atoms with Crippen LogP contribution in [0.2, 0.25) is 0 Å². The zero-order valence-corrected chi connectivity index (χ0v) is 16.2. The molecule has 0 saturated heterocycles. The molecule has 0 aliphatic rings. The van der Waals surface area contributed by atoms with Crippen molar-refractivity contribution in [1.82, 2.24) is 29.5 Å². The summed E-state index contributed by atoms with van der Waals surface area (Å²) in [5, 5.41) is 32.7. The maximum Gasteiger partial charge on any atom is 0.335 e. The lowest BCUT2D eigenvalue weighted by Gasteiger charge is -2.03. The summed E-state index contributed by atoms with van der Waals surface area (Å²) in [4.78, 5) is 21.3. The highest BCUT2D eigenvalue weighted by atomic mass is 16.4. The molecule has 4 aromatic rings. The Hall–Kier alpha value is -4.34. The molecule has 0 fully saturated rings. The molecule has 4 rings (SSSR count). The normalized spacial score (nSPS) is 10.2. The maximum absolute atomic E-state index is 10.6. The molecule has 2 heterocycles. The van der Waals surface area contributed by atoms with E-state index in [0.717, 1.165) is 23.0 Å². The molecule has 0 spiro atoms. The first-order valence-electron chi connectivity index (χ1n) is 8.77. The monoisotopic (exact) mass is 406 g/mol. The molecule has 152 valence electrons. The third kappa shape index (κ3) is 4.55. The van der Waals surface area contributed by atoms with Crippen LogP contribution in [-0.4, -0.2) is 51.7 Å². The maximum atomic E-state index is 10.6. The van der Waals surface area contributed by atoms with E-state index in [2.05, 4.69) is 20.4 Å². The van der Waals surface area contributed by atoms with Crippen LogP contribution in [0.25, 0.3) is 11.4 Å². The number of carboxylic acid groups (broad SMARTS) is 2. The Kier molecular flexibility index (Phi) is 5.97. The highest BCUT2D eigenvalue weighted by molar-refractivity contribution is 5.88. The van der Waals surface area contributed by atoms with Gasteiger partial charge in [-0.2, -0.15) is 0 Å². The Morgan fingerprint density at radius 1 is 0.667 bits per heavy atom. The van der Waals surface area contributed by atoms with Crippen LogP contribution in [0.4, 0.5) is 0 Å². The number of carboxylic acids is 2. The fraction of sp³-hybridized carbons (Fsp3) is 0.100. The fourth-order valence-electron chi connectivity index (χ4n) is 2.62. The number of aryl methyl sites for hydroxylation is 2. The molecular formula is C20H18N6O4. The Labute approximate surface area is 171 Å². The van der Waals surface area contributed by atoms with Gasteiger partial charge < -0.3 is 10.2 Å². The quantitative estimate of drug-likeness (QED) is 0.528. The van der Waals surface area contributed by atoms with Gasteiger partial charge in [0.05, 0.1) is 11.1 Å². The molecule has 2 N–H and O–H groups in total. The van der Waals surface area contributed by atoms with Gasteiger partial charge in [0.25, 0.3) is 0 Å². The number of hydrogen-bond donors (Lipinski definition) is 2. The summed E-state index contributed by atoms with van der Waals surface area (Å²) >= 11 is 0. The minimum atomic E-state index is -0.929. The summed E-state index contributed by atoms with van der Waals surface area (Å²) in [5.41, 5.74) is 2.24. The summed E-state index contributed by atoms with van der Waals surface area (Å²) in [6.45, 7) is 3.66. The van der Waals surface area contributed by atoms with E-state index in [9.17, 15) is 9.59 Å². The number of hydrogen-bond acceptors (Lipinski definition) is 6. The molecule has 0 unspecified atom stereocenters. The van der Waals surface area contributed by atoms with Crippen molar-refractivity contribution in [3.05, 3.63) is 84.0 Å². The van der Waals surface area contributed by atoms with Crippen molar-refractivity contribution >= 4 is 11.9 Å². The van der Waals surface area contributed by atoms with Gasteiger partial charge in [0, 0.05) is 11.4 Å². The SMILES string of the molecule is Cc1nncn1-c1ccc(C(=O)O)cc1.Cc1nncn1-c1ccc(C(=O)O)cc1. The van der Waals surface area contributed by atoms with Gasteiger partial charge in [0.2, 0.25) is 0 Å². The van der Waals surface area contributed by atoms with Crippen LogP contribution in [0.15, 0.2) is 61.2 Å². The van der Waals surface area contributed by atoms with Gasteiger partial charge in [-0.15, -0.1) is 20.4 Å². The van der Waals surface area contributed by atoms with Crippen LogP contribution >= 0.6 is 0 Å². The molecule has 2 aromatic heterocycles. The van der Waals surface area contributed by atoms with Gasteiger partial charge >= 0.3 is 11.9 Å². The molecule has 10 nitrogen and oxygen atoms in total. The summed E-state index contributed by atoms with van der Waals surface area (Å²) in [6.07, 6.45) is 3.18. The number of aromatic carboxylic acids is 2. The standard InChI is InChI=1S/2C10H9N3O2/c2*1-7-12-11-6-13(7)9-4-2-8(3-5-9)10(14)15/h2*2-6H,1H3,(H,14,15). The van der Waals surface area contributed by atoms with Crippen molar-refractivity contribution in [2.45, 2.75) is 13.8 Å². The first kappa shape index (κ1) is 20.4. The van der Waals surface area contributed by atoms with Crippen molar-refractivity contribution in [2.75, 3.05) is 0 Å². The van der Waals surface area contributed by atoms with E-state index in [0.29, 0.717) is 0 Å². The van der Waals surface area contributed by atoms with Crippen LogP contribution in [0, 0.1) is 13.8 Å². The molecule has 2 aromatic carbocycles. The van der Waals surface area contributed by atoms with E-state index in [1.165, 1.54) is 0 Å². The van der Waals surface area contributed by atoms with Crippen molar-refractivity contribution in [3.63, 3.8) is 0 Å². The Balaban J connectivity index is 0.000000171. The Bertz CT molecular complexity index is 1070. The molecular weight excluding hydrogens is 388 g/mol. The third-order valence-electron chi connectivity index (χ3n) is 4.22.